The van der Waals surface area contributed by atoms with Gasteiger partial charge in [0.2, 0.25) is 0 Å². The fourth-order valence-corrected chi connectivity index (χ4v) is 1.65. The molecule has 0 aliphatic rings. The Kier molecular flexibility index (Phi) is 3.32. The summed E-state index contributed by atoms with van der Waals surface area (Å²) in [6.07, 6.45) is -0.674. The second kappa shape index (κ2) is 3.99. The summed E-state index contributed by atoms with van der Waals surface area (Å²) in [5.41, 5.74) is 0.300. The number of halogens is 2. The van der Waals surface area contributed by atoms with Crippen LogP contribution in [0.25, 0.3) is 0 Å². The van der Waals surface area contributed by atoms with Crippen molar-refractivity contribution in [3.8, 4) is 0 Å². The van der Waals surface area contributed by atoms with Crippen molar-refractivity contribution in [1.29, 1.82) is 0 Å². The third-order valence-electron chi connectivity index (χ3n) is 2.07. The Morgan fingerprint density at radius 1 is 1.36 bits per heavy atom. The number of aliphatic hydroxyl groups is 1. The standard InChI is InChI=1S/C11H14BrFO/c1-11(2,3)10(14)8-6-7(13)4-5-9(8)12/h4-6,10,14H,1-3H3. The maximum Gasteiger partial charge on any atom is 0.123 e. The first-order chi connectivity index (χ1) is 6.32. The lowest BCUT2D eigenvalue weighted by Gasteiger charge is -2.26. The first kappa shape index (κ1) is 11.7. The predicted molar refractivity (Wildman–Crippen MR) is 58.5 cm³/mol. The van der Waals surface area contributed by atoms with Gasteiger partial charge in [-0.05, 0) is 29.2 Å². The van der Waals surface area contributed by atoms with Gasteiger partial charge in [-0.3, -0.25) is 0 Å². The zero-order chi connectivity index (χ0) is 10.9. The number of hydrogen-bond acceptors (Lipinski definition) is 1. The molecule has 0 aliphatic carbocycles. The van der Waals surface area contributed by atoms with Crippen LogP contribution in [0.5, 0.6) is 0 Å². The second-order valence-electron chi connectivity index (χ2n) is 4.43. The van der Waals surface area contributed by atoms with Crippen LogP contribution in [-0.4, -0.2) is 5.11 Å². The summed E-state index contributed by atoms with van der Waals surface area (Å²) in [4.78, 5) is 0. The summed E-state index contributed by atoms with van der Waals surface area (Å²) in [6, 6.07) is 4.34. The Bertz CT molecular complexity index is 331. The van der Waals surface area contributed by atoms with Gasteiger partial charge in [0.05, 0.1) is 6.10 Å². The Morgan fingerprint density at radius 2 is 1.93 bits per heavy atom. The summed E-state index contributed by atoms with van der Waals surface area (Å²) in [5.74, 6) is -0.327. The van der Waals surface area contributed by atoms with Crippen molar-refractivity contribution < 1.29 is 9.50 Å². The van der Waals surface area contributed by atoms with Gasteiger partial charge in [-0.2, -0.15) is 0 Å². The summed E-state index contributed by atoms with van der Waals surface area (Å²) in [5, 5.41) is 9.97. The van der Waals surface area contributed by atoms with Crippen molar-refractivity contribution in [2.75, 3.05) is 0 Å². The summed E-state index contributed by atoms with van der Waals surface area (Å²) in [7, 11) is 0. The van der Waals surface area contributed by atoms with Crippen molar-refractivity contribution in [3.63, 3.8) is 0 Å². The highest BCUT2D eigenvalue weighted by Crippen LogP contribution is 2.36. The molecule has 3 heteroatoms. The minimum absolute atomic E-state index is 0.295. The second-order valence-corrected chi connectivity index (χ2v) is 5.29. The number of hydrogen-bond donors (Lipinski definition) is 1. The van der Waals surface area contributed by atoms with E-state index < -0.39 is 6.10 Å². The predicted octanol–water partition coefficient (Wildman–Crippen LogP) is 3.67. The van der Waals surface area contributed by atoms with E-state index in [1.807, 2.05) is 20.8 Å². The van der Waals surface area contributed by atoms with Gasteiger partial charge < -0.3 is 5.11 Å². The van der Waals surface area contributed by atoms with Gasteiger partial charge in [-0.1, -0.05) is 36.7 Å². The molecule has 1 nitrogen and oxygen atoms in total. The largest absolute Gasteiger partial charge is 0.388 e. The first-order valence-corrected chi connectivity index (χ1v) is 5.24. The fourth-order valence-electron chi connectivity index (χ4n) is 1.19. The van der Waals surface area contributed by atoms with Crippen LogP contribution >= 0.6 is 15.9 Å². The van der Waals surface area contributed by atoms with Gasteiger partial charge in [-0.25, -0.2) is 4.39 Å². The normalized spacial score (nSPS) is 14.1. The molecule has 1 rings (SSSR count). The maximum absolute atomic E-state index is 13.0. The van der Waals surface area contributed by atoms with Gasteiger partial charge >= 0.3 is 0 Å². The Labute approximate surface area is 92.1 Å². The summed E-state index contributed by atoms with van der Waals surface area (Å²) in [6.45, 7) is 5.74. The molecule has 0 aliphatic heterocycles. The molecule has 0 saturated carbocycles. The van der Waals surface area contributed by atoms with E-state index in [9.17, 15) is 9.50 Å². The van der Waals surface area contributed by atoms with E-state index in [4.69, 9.17) is 0 Å². The Hall–Kier alpha value is -0.410. The molecule has 78 valence electrons. The highest BCUT2D eigenvalue weighted by molar-refractivity contribution is 9.10. The van der Waals surface area contributed by atoms with Crippen LogP contribution in [0.15, 0.2) is 22.7 Å². The average molecular weight is 261 g/mol. The SMILES string of the molecule is CC(C)(C)C(O)c1cc(F)ccc1Br. The third-order valence-corrected chi connectivity index (χ3v) is 2.80. The van der Waals surface area contributed by atoms with E-state index in [-0.39, 0.29) is 11.2 Å². The van der Waals surface area contributed by atoms with Crippen LogP contribution in [0, 0.1) is 11.2 Å². The van der Waals surface area contributed by atoms with Gasteiger partial charge in [0, 0.05) is 4.47 Å². The molecule has 0 radical (unpaired) electrons. The molecule has 1 aromatic carbocycles. The summed E-state index contributed by atoms with van der Waals surface area (Å²) >= 11 is 3.30. The molecular formula is C11H14BrFO. The van der Waals surface area contributed by atoms with Crippen molar-refractivity contribution >= 4 is 15.9 Å². The number of benzene rings is 1. The summed E-state index contributed by atoms with van der Waals surface area (Å²) < 4.78 is 13.7. The van der Waals surface area contributed by atoms with E-state index >= 15 is 0 Å². The van der Waals surface area contributed by atoms with Crippen molar-refractivity contribution in [3.05, 3.63) is 34.1 Å². The van der Waals surface area contributed by atoms with Crippen LogP contribution in [0.4, 0.5) is 4.39 Å². The average Bonchev–Trinajstić information content (AvgIpc) is 2.06. The molecule has 0 aromatic heterocycles. The molecule has 1 atom stereocenters. The van der Waals surface area contributed by atoms with Crippen LogP contribution < -0.4 is 0 Å². The molecule has 0 amide bonds. The molecule has 1 unspecified atom stereocenters. The van der Waals surface area contributed by atoms with E-state index in [2.05, 4.69) is 15.9 Å². The Balaban J connectivity index is 3.12. The number of aliphatic hydroxyl groups excluding tert-OH is 1. The van der Waals surface area contributed by atoms with Crippen LogP contribution in [0.3, 0.4) is 0 Å². The lowest BCUT2D eigenvalue weighted by atomic mass is 9.85. The van der Waals surface area contributed by atoms with Crippen molar-refractivity contribution in [2.24, 2.45) is 5.41 Å². The van der Waals surface area contributed by atoms with Crippen molar-refractivity contribution in [2.45, 2.75) is 26.9 Å². The van der Waals surface area contributed by atoms with E-state index in [1.165, 1.54) is 12.1 Å². The number of rotatable bonds is 1. The smallest absolute Gasteiger partial charge is 0.123 e. The lowest BCUT2D eigenvalue weighted by molar-refractivity contribution is 0.0618. The van der Waals surface area contributed by atoms with Crippen LogP contribution in [0.2, 0.25) is 0 Å². The van der Waals surface area contributed by atoms with E-state index in [0.717, 1.165) is 4.47 Å². The van der Waals surface area contributed by atoms with Crippen LogP contribution in [0.1, 0.15) is 32.4 Å². The van der Waals surface area contributed by atoms with Gasteiger partial charge in [-0.15, -0.1) is 0 Å². The van der Waals surface area contributed by atoms with E-state index in [1.54, 1.807) is 6.07 Å². The highest BCUT2D eigenvalue weighted by Gasteiger charge is 2.25. The minimum atomic E-state index is -0.674. The minimum Gasteiger partial charge on any atom is -0.388 e. The van der Waals surface area contributed by atoms with E-state index in [0.29, 0.717) is 5.56 Å². The molecule has 0 fully saturated rings. The van der Waals surface area contributed by atoms with Crippen LogP contribution in [-0.2, 0) is 0 Å². The Morgan fingerprint density at radius 3 is 2.43 bits per heavy atom. The molecule has 0 spiro atoms. The zero-order valence-electron chi connectivity index (χ0n) is 8.51. The molecule has 0 bridgehead atoms. The molecule has 14 heavy (non-hydrogen) atoms. The third kappa shape index (κ3) is 2.55. The monoisotopic (exact) mass is 260 g/mol. The zero-order valence-corrected chi connectivity index (χ0v) is 10.1. The van der Waals surface area contributed by atoms with Gasteiger partial charge in [0.25, 0.3) is 0 Å². The molecule has 0 heterocycles. The lowest BCUT2D eigenvalue weighted by Crippen LogP contribution is -2.18. The fraction of sp³-hybridized carbons (Fsp3) is 0.455. The maximum atomic E-state index is 13.0. The van der Waals surface area contributed by atoms with Gasteiger partial charge in [0.15, 0.2) is 0 Å². The molecule has 1 aromatic rings. The quantitative estimate of drug-likeness (QED) is 0.817. The highest BCUT2D eigenvalue weighted by atomic mass is 79.9. The van der Waals surface area contributed by atoms with Crippen molar-refractivity contribution in [1.82, 2.24) is 0 Å². The topological polar surface area (TPSA) is 20.2 Å². The first-order valence-electron chi connectivity index (χ1n) is 4.45. The molecule has 1 N–H and O–H groups in total. The van der Waals surface area contributed by atoms with Gasteiger partial charge in [0.1, 0.15) is 5.82 Å². The molecular weight excluding hydrogens is 247 g/mol. The molecule has 0 saturated heterocycles.